The maximum absolute atomic E-state index is 12.8. The van der Waals surface area contributed by atoms with Gasteiger partial charge in [0, 0.05) is 6.54 Å². The van der Waals surface area contributed by atoms with E-state index in [1.54, 1.807) is 17.0 Å². The van der Waals surface area contributed by atoms with E-state index in [9.17, 15) is 14.0 Å². The van der Waals surface area contributed by atoms with Gasteiger partial charge in [-0.05, 0) is 30.7 Å². The minimum Gasteiger partial charge on any atom is -0.495 e. The summed E-state index contributed by atoms with van der Waals surface area (Å²) < 4.78 is 18.1. The fourth-order valence-electron chi connectivity index (χ4n) is 2.67. The molecule has 0 spiro atoms. The van der Waals surface area contributed by atoms with Crippen molar-refractivity contribution in [3.05, 3.63) is 48.4 Å². The standard InChI is InChI=1S/C17H17FN4O3/c1-25-14-5-3-2-4-13(14)22-9-8-12(16(22)23)20-17(24)21-15-7-6-11(18)10-19-15/h2-7,10,12H,8-9H2,1H3,(H2,19,20,21,24). The first kappa shape index (κ1) is 16.7. The number of carbonyl (C=O) groups excluding carboxylic acids is 2. The summed E-state index contributed by atoms with van der Waals surface area (Å²) >= 11 is 0. The van der Waals surface area contributed by atoms with Crippen LogP contribution in [-0.2, 0) is 4.79 Å². The van der Waals surface area contributed by atoms with Gasteiger partial charge in [-0.1, -0.05) is 12.1 Å². The lowest BCUT2D eigenvalue weighted by Gasteiger charge is -2.19. The van der Waals surface area contributed by atoms with Crippen LogP contribution in [0.2, 0.25) is 0 Å². The van der Waals surface area contributed by atoms with E-state index in [1.807, 2.05) is 12.1 Å². The molecule has 0 saturated carbocycles. The second-order valence-electron chi connectivity index (χ2n) is 5.46. The first-order valence-corrected chi connectivity index (χ1v) is 7.72. The number of carbonyl (C=O) groups is 2. The number of anilines is 2. The third-order valence-electron chi connectivity index (χ3n) is 3.86. The van der Waals surface area contributed by atoms with Crippen LogP contribution in [0.15, 0.2) is 42.6 Å². The number of benzene rings is 1. The van der Waals surface area contributed by atoms with Gasteiger partial charge in [-0.2, -0.15) is 0 Å². The highest BCUT2D eigenvalue weighted by molar-refractivity contribution is 6.03. The van der Waals surface area contributed by atoms with E-state index >= 15 is 0 Å². The Morgan fingerprint density at radius 3 is 2.84 bits per heavy atom. The molecule has 0 radical (unpaired) electrons. The van der Waals surface area contributed by atoms with Crippen LogP contribution < -0.4 is 20.3 Å². The van der Waals surface area contributed by atoms with Crippen LogP contribution in [0, 0.1) is 5.82 Å². The summed E-state index contributed by atoms with van der Waals surface area (Å²) in [5.74, 6) is 0.0819. The Kier molecular flexibility index (Phi) is 4.78. The number of ether oxygens (including phenoxy) is 1. The van der Waals surface area contributed by atoms with Crippen molar-refractivity contribution in [1.82, 2.24) is 10.3 Å². The fraction of sp³-hybridized carbons (Fsp3) is 0.235. The molecule has 3 amide bonds. The third-order valence-corrected chi connectivity index (χ3v) is 3.86. The number of pyridine rings is 1. The van der Waals surface area contributed by atoms with Crippen LogP contribution >= 0.6 is 0 Å². The molecule has 7 nitrogen and oxygen atoms in total. The predicted molar refractivity (Wildman–Crippen MR) is 90.1 cm³/mol. The van der Waals surface area contributed by atoms with Crippen LogP contribution in [0.3, 0.4) is 0 Å². The zero-order valence-electron chi connectivity index (χ0n) is 13.5. The molecule has 1 aliphatic rings. The molecule has 1 aromatic carbocycles. The van der Waals surface area contributed by atoms with Crippen molar-refractivity contribution < 1.29 is 18.7 Å². The van der Waals surface area contributed by atoms with E-state index in [0.29, 0.717) is 24.4 Å². The quantitative estimate of drug-likeness (QED) is 0.890. The molecule has 0 bridgehead atoms. The first-order valence-electron chi connectivity index (χ1n) is 7.72. The van der Waals surface area contributed by atoms with Crippen molar-refractivity contribution in [3.8, 4) is 5.75 Å². The van der Waals surface area contributed by atoms with Crippen molar-refractivity contribution in [2.75, 3.05) is 23.9 Å². The third kappa shape index (κ3) is 3.68. The van der Waals surface area contributed by atoms with Gasteiger partial charge in [0.25, 0.3) is 0 Å². The molecule has 25 heavy (non-hydrogen) atoms. The lowest BCUT2D eigenvalue weighted by molar-refractivity contribution is -0.118. The number of rotatable bonds is 4. The summed E-state index contributed by atoms with van der Waals surface area (Å²) in [6.45, 7) is 0.471. The highest BCUT2D eigenvalue weighted by atomic mass is 19.1. The second-order valence-corrected chi connectivity index (χ2v) is 5.46. The molecule has 1 saturated heterocycles. The Labute approximate surface area is 143 Å². The van der Waals surface area contributed by atoms with Gasteiger partial charge in [0.05, 0.1) is 19.0 Å². The molecule has 2 N–H and O–H groups in total. The van der Waals surface area contributed by atoms with E-state index in [1.165, 1.54) is 19.2 Å². The number of amides is 3. The van der Waals surface area contributed by atoms with Crippen LogP contribution in [0.25, 0.3) is 0 Å². The highest BCUT2D eigenvalue weighted by Crippen LogP contribution is 2.30. The average Bonchev–Trinajstić information content (AvgIpc) is 2.97. The van der Waals surface area contributed by atoms with E-state index < -0.39 is 17.9 Å². The van der Waals surface area contributed by atoms with E-state index in [-0.39, 0.29) is 11.7 Å². The summed E-state index contributed by atoms with van der Waals surface area (Å²) in [4.78, 5) is 29.9. The number of methoxy groups -OCH3 is 1. The van der Waals surface area contributed by atoms with Crippen molar-refractivity contribution in [1.29, 1.82) is 0 Å². The van der Waals surface area contributed by atoms with Crippen LogP contribution in [0.5, 0.6) is 5.75 Å². The van der Waals surface area contributed by atoms with E-state index in [2.05, 4.69) is 15.6 Å². The number of aromatic nitrogens is 1. The molecule has 2 aromatic rings. The van der Waals surface area contributed by atoms with Gasteiger partial charge in [-0.25, -0.2) is 14.2 Å². The second kappa shape index (κ2) is 7.16. The molecule has 8 heteroatoms. The summed E-state index contributed by atoms with van der Waals surface area (Å²) in [5, 5.41) is 5.08. The van der Waals surface area contributed by atoms with Gasteiger partial charge >= 0.3 is 6.03 Å². The predicted octanol–water partition coefficient (Wildman–Crippen LogP) is 2.16. The fourth-order valence-corrected chi connectivity index (χ4v) is 2.67. The highest BCUT2D eigenvalue weighted by Gasteiger charge is 2.34. The number of halogens is 1. The zero-order chi connectivity index (χ0) is 17.8. The van der Waals surface area contributed by atoms with E-state index in [0.717, 1.165) is 6.20 Å². The monoisotopic (exact) mass is 344 g/mol. The summed E-state index contributed by atoms with van der Waals surface area (Å²) in [5.41, 5.74) is 0.667. The van der Waals surface area contributed by atoms with Crippen LogP contribution in [0.4, 0.5) is 20.7 Å². The molecule has 1 atom stereocenters. The number of hydrogen-bond acceptors (Lipinski definition) is 4. The molecule has 1 unspecified atom stereocenters. The molecule has 1 fully saturated rings. The van der Waals surface area contributed by atoms with Crippen molar-refractivity contribution in [3.63, 3.8) is 0 Å². The topological polar surface area (TPSA) is 83.6 Å². The van der Waals surface area contributed by atoms with Gasteiger partial charge in [0.1, 0.15) is 23.4 Å². The van der Waals surface area contributed by atoms with Crippen molar-refractivity contribution in [2.24, 2.45) is 0 Å². The Morgan fingerprint density at radius 1 is 1.32 bits per heavy atom. The van der Waals surface area contributed by atoms with Gasteiger partial charge < -0.3 is 15.0 Å². The van der Waals surface area contributed by atoms with Crippen LogP contribution in [0.1, 0.15) is 6.42 Å². The molecule has 1 aliphatic heterocycles. The Morgan fingerprint density at radius 2 is 2.12 bits per heavy atom. The van der Waals surface area contributed by atoms with Crippen molar-refractivity contribution >= 4 is 23.4 Å². The zero-order valence-corrected chi connectivity index (χ0v) is 13.5. The number of hydrogen-bond donors (Lipinski definition) is 2. The normalized spacial score (nSPS) is 16.6. The molecular formula is C17H17FN4O3. The number of nitrogens with one attached hydrogen (secondary N) is 2. The summed E-state index contributed by atoms with van der Waals surface area (Å²) in [7, 11) is 1.54. The minimum absolute atomic E-state index is 0.200. The first-order chi connectivity index (χ1) is 12.1. The molecule has 130 valence electrons. The number of urea groups is 1. The van der Waals surface area contributed by atoms with E-state index in [4.69, 9.17) is 4.74 Å². The average molecular weight is 344 g/mol. The van der Waals surface area contributed by atoms with Gasteiger partial charge in [-0.15, -0.1) is 0 Å². The largest absolute Gasteiger partial charge is 0.495 e. The summed E-state index contributed by atoms with van der Waals surface area (Å²) in [6.07, 6.45) is 1.47. The SMILES string of the molecule is COc1ccccc1N1CCC(NC(=O)Nc2ccc(F)cn2)C1=O. The molecule has 2 heterocycles. The molecular weight excluding hydrogens is 327 g/mol. The number of para-hydroxylation sites is 2. The minimum atomic E-state index is -0.648. The maximum Gasteiger partial charge on any atom is 0.321 e. The van der Waals surface area contributed by atoms with Gasteiger partial charge in [0.2, 0.25) is 5.91 Å². The maximum atomic E-state index is 12.8. The lowest BCUT2D eigenvalue weighted by Crippen LogP contribution is -2.43. The Balaban J connectivity index is 1.64. The smallest absolute Gasteiger partial charge is 0.321 e. The number of nitrogens with zero attached hydrogens (tertiary/aromatic N) is 2. The van der Waals surface area contributed by atoms with Gasteiger partial charge in [0.15, 0.2) is 0 Å². The Bertz CT molecular complexity index is 782. The summed E-state index contributed by atoms with van der Waals surface area (Å²) in [6, 6.07) is 8.52. The Hall–Kier alpha value is -3.16. The molecule has 1 aromatic heterocycles. The molecule has 0 aliphatic carbocycles. The van der Waals surface area contributed by atoms with Crippen molar-refractivity contribution in [2.45, 2.75) is 12.5 Å². The lowest BCUT2D eigenvalue weighted by atomic mass is 10.2. The van der Waals surface area contributed by atoms with Crippen LogP contribution in [-0.4, -0.2) is 36.6 Å². The molecule has 3 rings (SSSR count). The van der Waals surface area contributed by atoms with Gasteiger partial charge in [-0.3, -0.25) is 10.1 Å².